The summed E-state index contributed by atoms with van der Waals surface area (Å²) >= 11 is 0. The van der Waals surface area contributed by atoms with Crippen molar-refractivity contribution in [3.8, 4) is 11.5 Å². The molecule has 9 heteroatoms. The lowest BCUT2D eigenvalue weighted by molar-refractivity contribution is -0.140. The van der Waals surface area contributed by atoms with Crippen LogP contribution in [-0.2, 0) is 24.5 Å². The number of fused-ring (bicyclic) bond motifs is 4. The Balaban J connectivity index is 1.68. The van der Waals surface area contributed by atoms with Gasteiger partial charge in [-0.05, 0) is 38.0 Å². The maximum Gasteiger partial charge on any atom is 0.339 e. The molecule has 1 unspecified atom stereocenters. The molecule has 6 rings (SSSR count). The van der Waals surface area contributed by atoms with E-state index in [1.54, 1.807) is 54.3 Å². The summed E-state index contributed by atoms with van der Waals surface area (Å²) in [6, 6.07) is 12.4. The van der Waals surface area contributed by atoms with Gasteiger partial charge in [-0.25, -0.2) is 4.79 Å². The third kappa shape index (κ3) is 2.78. The van der Waals surface area contributed by atoms with E-state index in [4.69, 9.17) is 19.9 Å². The number of anilines is 2. The second-order valence-electron chi connectivity index (χ2n) is 8.70. The van der Waals surface area contributed by atoms with E-state index < -0.39 is 17.3 Å². The number of esters is 1. The van der Waals surface area contributed by atoms with Crippen molar-refractivity contribution < 1.29 is 28.6 Å². The zero-order valence-corrected chi connectivity index (χ0v) is 19.1. The van der Waals surface area contributed by atoms with Gasteiger partial charge in [0.15, 0.2) is 17.3 Å². The van der Waals surface area contributed by atoms with E-state index in [0.717, 1.165) is 0 Å². The molecule has 9 nitrogen and oxygen atoms in total. The highest BCUT2D eigenvalue weighted by Gasteiger charge is 2.61. The Labute approximate surface area is 201 Å². The van der Waals surface area contributed by atoms with E-state index >= 15 is 0 Å². The van der Waals surface area contributed by atoms with Crippen molar-refractivity contribution in [2.24, 2.45) is 5.73 Å². The van der Waals surface area contributed by atoms with Gasteiger partial charge in [0.05, 0.1) is 12.3 Å². The summed E-state index contributed by atoms with van der Waals surface area (Å²) in [7, 11) is 0. The summed E-state index contributed by atoms with van der Waals surface area (Å²) in [5.41, 5.74) is 7.52. The van der Waals surface area contributed by atoms with Crippen LogP contribution in [0.5, 0.6) is 11.5 Å². The van der Waals surface area contributed by atoms with Crippen LogP contribution in [0.25, 0.3) is 0 Å². The minimum Gasteiger partial charge on any atom is -0.462 e. The van der Waals surface area contributed by atoms with Gasteiger partial charge in [-0.3, -0.25) is 14.5 Å². The number of rotatable bonds is 3. The molecule has 3 heterocycles. The van der Waals surface area contributed by atoms with Crippen molar-refractivity contribution in [1.29, 1.82) is 0 Å². The number of Topliss-reactive ketones (excluding diaryl/α,β-unsaturated/α-hetero) is 1. The monoisotopic (exact) mass is 473 g/mol. The summed E-state index contributed by atoms with van der Waals surface area (Å²) in [6.07, 6.45) is 1.37. The van der Waals surface area contributed by atoms with Crippen molar-refractivity contribution in [1.82, 2.24) is 0 Å². The Hall–Kier alpha value is -4.27. The van der Waals surface area contributed by atoms with E-state index in [0.29, 0.717) is 47.0 Å². The predicted molar refractivity (Wildman–Crippen MR) is 126 cm³/mol. The average molecular weight is 473 g/mol. The lowest BCUT2D eigenvalue weighted by atomic mass is 9.63. The number of nitrogens with two attached hydrogens (primary N) is 1. The standard InChI is InChI=1S/C26H23N3O6/c1-2-33-24(31)22-23(27)29(14-10-11-19-20(12-14)35-13-34-19)17-8-5-9-18(30)21(17)26(22)15-6-3-4-7-16(15)28-25(26)32/h3-4,6-7,10-12H,2,5,8-9,13,27H2,1H3,(H,28,32). The van der Waals surface area contributed by atoms with E-state index in [9.17, 15) is 14.4 Å². The second-order valence-corrected chi connectivity index (χ2v) is 8.70. The van der Waals surface area contributed by atoms with Gasteiger partial charge >= 0.3 is 5.97 Å². The topological polar surface area (TPSA) is 120 Å². The molecule has 178 valence electrons. The van der Waals surface area contributed by atoms with Gasteiger partial charge in [-0.15, -0.1) is 0 Å². The molecule has 2 aromatic carbocycles. The normalized spacial score (nSPS) is 22.4. The molecule has 3 aliphatic heterocycles. The van der Waals surface area contributed by atoms with Crippen molar-refractivity contribution in [3.63, 3.8) is 0 Å². The van der Waals surface area contributed by atoms with Gasteiger partial charge in [0, 0.05) is 35.0 Å². The van der Waals surface area contributed by atoms with Crippen molar-refractivity contribution >= 4 is 29.0 Å². The molecular formula is C26H23N3O6. The number of hydrogen-bond donors (Lipinski definition) is 2. The van der Waals surface area contributed by atoms with Gasteiger partial charge < -0.3 is 25.3 Å². The quantitative estimate of drug-likeness (QED) is 0.653. The van der Waals surface area contributed by atoms with Crippen molar-refractivity contribution in [2.75, 3.05) is 23.6 Å². The van der Waals surface area contributed by atoms with E-state index in [2.05, 4.69) is 5.32 Å². The molecule has 2 aromatic rings. The molecular weight excluding hydrogens is 450 g/mol. The van der Waals surface area contributed by atoms with Crippen LogP contribution in [0.3, 0.4) is 0 Å². The Morgan fingerprint density at radius 2 is 1.94 bits per heavy atom. The number of nitrogens with zero attached hydrogens (tertiary/aromatic N) is 1. The number of carbonyl (C=O) groups excluding carboxylic acids is 3. The fourth-order valence-corrected chi connectivity index (χ4v) is 5.58. The first-order chi connectivity index (χ1) is 17.0. The molecule has 1 atom stereocenters. The summed E-state index contributed by atoms with van der Waals surface area (Å²) in [4.78, 5) is 42.6. The number of hydrogen-bond acceptors (Lipinski definition) is 8. The van der Waals surface area contributed by atoms with Gasteiger partial charge in [0.2, 0.25) is 12.7 Å². The highest BCUT2D eigenvalue weighted by molar-refractivity contribution is 6.23. The first-order valence-electron chi connectivity index (χ1n) is 11.5. The first-order valence-corrected chi connectivity index (χ1v) is 11.5. The molecule has 3 N–H and O–H groups in total. The summed E-state index contributed by atoms with van der Waals surface area (Å²) < 4.78 is 16.4. The Kier molecular flexibility index (Phi) is 4.64. The smallest absolute Gasteiger partial charge is 0.339 e. The molecule has 1 spiro atoms. The summed E-state index contributed by atoms with van der Waals surface area (Å²) in [5, 5.41) is 2.87. The highest BCUT2D eigenvalue weighted by Crippen LogP contribution is 2.55. The zero-order chi connectivity index (χ0) is 24.3. The number of ether oxygens (including phenoxy) is 3. The predicted octanol–water partition coefficient (Wildman–Crippen LogP) is 2.87. The number of ketones is 1. The van der Waals surface area contributed by atoms with Gasteiger partial charge in [0.25, 0.3) is 0 Å². The van der Waals surface area contributed by atoms with Crippen LogP contribution in [0.4, 0.5) is 11.4 Å². The maximum atomic E-state index is 13.8. The third-order valence-corrected chi connectivity index (χ3v) is 6.92. The van der Waals surface area contributed by atoms with Crippen LogP contribution in [0, 0.1) is 0 Å². The molecule has 1 aliphatic carbocycles. The van der Waals surface area contributed by atoms with E-state index in [1.165, 1.54) is 0 Å². The zero-order valence-electron chi connectivity index (χ0n) is 19.1. The van der Waals surface area contributed by atoms with Crippen molar-refractivity contribution in [3.05, 3.63) is 70.7 Å². The number of para-hydroxylation sites is 1. The number of benzene rings is 2. The Morgan fingerprint density at radius 3 is 2.77 bits per heavy atom. The molecule has 1 amide bonds. The lowest BCUT2D eigenvalue weighted by Crippen LogP contribution is -2.53. The van der Waals surface area contributed by atoms with Crippen LogP contribution >= 0.6 is 0 Å². The van der Waals surface area contributed by atoms with Gasteiger partial charge in [-0.1, -0.05) is 18.2 Å². The van der Waals surface area contributed by atoms with Crippen LogP contribution in [0.1, 0.15) is 31.7 Å². The van der Waals surface area contributed by atoms with E-state index in [1.807, 2.05) is 0 Å². The van der Waals surface area contributed by atoms with Crippen LogP contribution < -0.4 is 25.4 Å². The average Bonchev–Trinajstić information content (AvgIpc) is 3.42. The number of carbonyl (C=O) groups is 3. The molecule has 0 saturated carbocycles. The lowest BCUT2D eigenvalue weighted by Gasteiger charge is -2.44. The number of amides is 1. The summed E-state index contributed by atoms with van der Waals surface area (Å²) in [6.45, 7) is 1.86. The summed E-state index contributed by atoms with van der Waals surface area (Å²) in [5.74, 6) is -0.263. The molecule has 4 aliphatic rings. The van der Waals surface area contributed by atoms with Crippen LogP contribution in [-0.4, -0.2) is 31.1 Å². The maximum absolute atomic E-state index is 13.8. The SMILES string of the molecule is CCOC(=O)C1=C(N)N(c2ccc3c(c2)OCO3)C2=C(C(=O)CCC2)C12C(=O)Nc1ccccc12. The minimum atomic E-state index is -1.69. The Morgan fingerprint density at radius 1 is 1.14 bits per heavy atom. The molecule has 0 bridgehead atoms. The van der Waals surface area contributed by atoms with Crippen molar-refractivity contribution in [2.45, 2.75) is 31.6 Å². The van der Waals surface area contributed by atoms with Crippen LogP contribution in [0.15, 0.2) is 65.1 Å². The largest absolute Gasteiger partial charge is 0.462 e. The second kappa shape index (κ2) is 7.63. The molecule has 0 fully saturated rings. The molecule has 0 saturated heterocycles. The number of nitrogens with one attached hydrogen (secondary N) is 1. The van der Waals surface area contributed by atoms with Crippen LogP contribution in [0.2, 0.25) is 0 Å². The molecule has 0 radical (unpaired) electrons. The van der Waals surface area contributed by atoms with Gasteiger partial charge in [0.1, 0.15) is 16.8 Å². The highest BCUT2D eigenvalue weighted by atomic mass is 16.7. The number of allylic oxidation sites excluding steroid dienone is 1. The fourth-order valence-electron chi connectivity index (χ4n) is 5.58. The molecule has 35 heavy (non-hydrogen) atoms. The van der Waals surface area contributed by atoms with E-state index in [-0.39, 0.29) is 42.6 Å². The van der Waals surface area contributed by atoms with Gasteiger partial charge in [-0.2, -0.15) is 0 Å². The minimum absolute atomic E-state index is 0.0441. The third-order valence-electron chi connectivity index (χ3n) is 6.92. The Bertz CT molecular complexity index is 1380. The molecule has 0 aromatic heterocycles. The fraction of sp³-hybridized carbons (Fsp3) is 0.269. The first kappa shape index (κ1) is 21.3.